The van der Waals surface area contributed by atoms with Gasteiger partial charge in [0, 0.05) is 4.90 Å². The van der Waals surface area contributed by atoms with Crippen LogP contribution in [0, 0.1) is 6.92 Å². The quantitative estimate of drug-likeness (QED) is 0.110. The number of aryl methyl sites for hydroxylation is 1. The molecule has 5 aromatic rings. The van der Waals surface area contributed by atoms with E-state index in [9.17, 15) is 25.9 Å². The van der Waals surface area contributed by atoms with Crippen LogP contribution >= 0.6 is 23.1 Å². The maximum atomic E-state index is 12.0. The molecule has 1 aliphatic heterocycles. The van der Waals surface area contributed by atoms with Gasteiger partial charge in [0.15, 0.2) is 10.1 Å². The van der Waals surface area contributed by atoms with E-state index in [1.54, 1.807) is 12.1 Å². The van der Waals surface area contributed by atoms with Crippen LogP contribution in [0.25, 0.3) is 37.8 Å². The van der Waals surface area contributed by atoms with Gasteiger partial charge in [-0.05, 0) is 52.9 Å². The molecule has 0 atom stereocenters. The van der Waals surface area contributed by atoms with Crippen LogP contribution in [-0.2, 0) is 26.1 Å². The first kappa shape index (κ1) is 28.3. The highest BCUT2D eigenvalue weighted by molar-refractivity contribution is 8.04. The van der Waals surface area contributed by atoms with Crippen LogP contribution in [0.3, 0.4) is 0 Å². The molecule has 40 heavy (non-hydrogen) atoms. The van der Waals surface area contributed by atoms with E-state index in [0.717, 1.165) is 36.7 Å². The fourth-order valence-electron chi connectivity index (χ4n) is 4.80. The summed E-state index contributed by atoms with van der Waals surface area (Å²) in [6.45, 7) is 7.87. The molecule has 1 aromatic heterocycles. The second-order valence-corrected chi connectivity index (χ2v) is 13.9. The molecule has 206 valence electrons. The molecule has 0 saturated heterocycles. The summed E-state index contributed by atoms with van der Waals surface area (Å²) in [5, 5.41) is 4.64. The molecule has 0 N–H and O–H groups in total. The first-order valence-electron chi connectivity index (χ1n) is 11.9. The molecule has 12 heteroatoms. The zero-order valence-electron chi connectivity index (χ0n) is 21.2. The first-order chi connectivity index (χ1) is 19.0. The minimum atomic E-state index is -4.68. The lowest BCUT2D eigenvalue weighted by Gasteiger charge is -2.22. The Labute approximate surface area is 240 Å². The summed E-state index contributed by atoms with van der Waals surface area (Å²) in [7, 11) is -9.31. The van der Waals surface area contributed by atoms with Crippen molar-refractivity contribution in [2.45, 2.75) is 17.7 Å². The third kappa shape index (κ3) is 5.51. The van der Waals surface area contributed by atoms with Crippen molar-refractivity contribution in [3.63, 3.8) is 0 Å². The Hall–Kier alpha value is -3.26. The summed E-state index contributed by atoms with van der Waals surface area (Å²) < 4.78 is 73.6. The number of aromatic nitrogens is 1. The fraction of sp³-hybridized carbons (Fsp3) is 0.107. The number of anilines is 1. The van der Waals surface area contributed by atoms with Gasteiger partial charge in [-0.25, -0.2) is 16.8 Å². The lowest BCUT2D eigenvalue weighted by Crippen LogP contribution is -2.39. The Bertz CT molecular complexity index is 2050. The predicted molar refractivity (Wildman–Crippen MR) is 160 cm³/mol. The molecule has 0 fully saturated rings. The highest BCUT2D eigenvalue weighted by Gasteiger charge is 2.30. The maximum Gasteiger partial charge on any atom is 0.266 e. The topological polar surface area (TPSA) is 122 Å². The highest BCUT2D eigenvalue weighted by atomic mass is 32.2. The molecule has 0 bridgehead atoms. The fourth-order valence-corrected chi connectivity index (χ4v) is 8.41. The van der Waals surface area contributed by atoms with E-state index in [1.807, 2.05) is 67.6 Å². The molecule has 0 radical (unpaired) electrons. The number of thiazole rings is 1. The third-order valence-electron chi connectivity index (χ3n) is 6.32. The van der Waals surface area contributed by atoms with E-state index in [-0.39, 0.29) is 0 Å². The van der Waals surface area contributed by atoms with Crippen molar-refractivity contribution in [3.05, 3.63) is 95.5 Å². The van der Waals surface area contributed by atoms with Gasteiger partial charge in [-0.1, -0.05) is 65.6 Å². The van der Waals surface area contributed by atoms with Crippen LogP contribution in [0.5, 0.6) is 0 Å². The van der Waals surface area contributed by atoms with Crippen molar-refractivity contribution in [1.82, 2.24) is 0 Å². The molecule has 0 unspecified atom stereocenters. The number of nitrogens with zero attached hydrogens (tertiary/aromatic N) is 2. The van der Waals surface area contributed by atoms with Gasteiger partial charge in [-0.15, -0.1) is 13.2 Å². The number of hydrogen-bond donors (Lipinski definition) is 0. The molecule has 0 spiro atoms. The molecule has 1 aliphatic rings. The van der Waals surface area contributed by atoms with E-state index >= 15 is 0 Å². The Balaban J connectivity index is 0.00000158. The normalized spacial score (nSPS) is 14.6. The van der Waals surface area contributed by atoms with Gasteiger partial charge >= 0.3 is 0 Å². The van der Waals surface area contributed by atoms with Crippen LogP contribution in [0.2, 0.25) is 0 Å². The molecular weight excluding hydrogens is 589 g/mol. The van der Waals surface area contributed by atoms with Crippen molar-refractivity contribution >= 4 is 86.9 Å². The minimum absolute atomic E-state index is 0.445. The summed E-state index contributed by atoms with van der Waals surface area (Å²) in [5.74, 6) is -1.57. The largest absolute Gasteiger partial charge is 0.747 e. The average molecular weight is 612 g/mol. The zero-order valence-corrected chi connectivity index (χ0v) is 24.5. The van der Waals surface area contributed by atoms with Crippen LogP contribution in [0.15, 0.2) is 89.8 Å². The Kier molecular flexibility index (Phi) is 7.50. The summed E-state index contributed by atoms with van der Waals surface area (Å²) in [6.07, 6.45) is 1.65. The maximum absolute atomic E-state index is 12.0. The van der Waals surface area contributed by atoms with Gasteiger partial charge in [-0.2, -0.15) is 4.57 Å². The van der Waals surface area contributed by atoms with Crippen LogP contribution in [-0.4, -0.2) is 31.8 Å². The van der Waals surface area contributed by atoms with Crippen molar-refractivity contribution in [2.24, 2.45) is 0 Å². The second kappa shape index (κ2) is 10.6. The molecule has 8 nitrogen and oxygen atoms in total. The van der Waals surface area contributed by atoms with Crippen LogP contribution in [0.4, 0.5) is 5.69 Å². The van der Waals surface area contributed by atoms with Gasteiger partial charge < -0.3 is 14.0 Å². The van der Waals surface area contributed by atoms with Gasteiger partial charge in [0.25, 0.3) is 5.01 Å². The summed E-state index contributed by atoms with van der Waals surface area (Å²) in [4.78, 5) is 2.19. The van der Waals surface area contributed by atoms with Gasteiger partial charge in [0.2, 0.25) is 11.4 Å². The van der Waals surface area contributed by atoms with Crippen molar-refractivity contribution in [3.8, 4) is 0 Å². The summed E-state index contributed by atoms with van der Waals surface area (Å²) in [5.41, 5.74) is 2.08. The summed E-state index contributed by atoms with van der Waals surface area (Å²) in [6, 6.07) is 21.1. The predicted octanol–water partition coefficient (Wildman–Crippen LogP) is 5.52. The van der Waals surface area contributed by atoms with Gasteiger partial charge in [0.1, 0.15) is 20.7 Å². The van der Waals surface area contributed by atoms with Crippen molar-refractivity contribution in [2.75, 3.05) is 10.8 Å². The number of hydrogen-bond acceptors (Lipinski definition) is 9. The second-order valence-electron chi connectivity index (χ2n) is 9.02. The Morgan fingerprint density at radius 2 is 1.62 bits per heavy atom. The molecule has 0 saturated carbocycles. The van der Waals surface area contributed by atoms with Crippen molar-refractivity contribution < 1.29 is 30.5 Å². The minimum Gasteiger partial charge on any atom is -0.747 e. The van der Waals surface area contributed by atoms with E-state index in [1.165, 1.54) is 32.6 Å². The number of thioether (sulfide) groups is 1. The van der Waals surface area contributed by atoms with Crippen LogP contribution in [0.1, 0.15) is 10.6 Å². The monoisotopic (exact) mass is 611 g/mol. The van der Waals surface area contributed by atoms with Crippen LogP contribution < -0.4 is 9.47 Å². The standard InChI is InChI=1S/C26H20N2O6S4.C2H4/c1-16-6-10-22-21(12-16)27(14-37(29,30)31)24(35-22)13-25-28(15-38(32,33)34)26-20-8-7-17-4-2-3-5-18(17)19(20)9-11-23(26)36-25;1-2/h2-13H,14-15H2,1H3,(H-,29,30,31,32,33,34);1-2H2/p-1. The van der Waals surface area contributed by atoms with E-state index in [0.29, 0.717) is 21.2 Å². The molecule has 0 aliphatic carbocycles. The molecule has 0 amide bonds. The number of rotatable bonds is 5. The number of fused-ring (bicyclic) bond motifs is 6. The van der Waals surface area contributed by atoms with E-state index in [4.69, 9.17) is 0 Å². The Morgan fingerprint density at radius 3 is 2.35 bits per heavy atom. The van der Waals surface area contributed by atoms with Gasteiger partial charge in [-0.3, -0.25) is 0 Å². The third-order valence-corrected chi connectivity index (χ3v) is 9.68. The lowest BCUT2D eigenvalue weighted by atomic mass is 10.0. The molecule has 2 heterocycles. The van der Waals surface area contributed by atoms with Gasteiger partial charge in [0.05, 0.1) is 22.2 Å². The van der Waals surface area contributed by atoms with E-state index < -0.39 is 32.0 Å². The smallest absolute Gasteiger partial charge is 0.266 e. The first-order valence-corrected chi connectivity index (χ1v) is 16.7. The van der Waals surface area contributed by atoms with E-state index in [2.05, 4.69) is 13.2 Å². The SMILES string of the molecule is C=C.Cc1ccc2c(c1)N(CS(=O)(=O)[O-])C(=Cc1sc3ccc4c5ccccc5ccc4c3[n+]1CS(=O)(=O)[O-])S2. The number of benzene rings is 4. The summed E-state index contributed by atoms with van der Waals surface area (Å²) >= 11 is 2.57. The zero-order chi connectivity index (χ0) is 28.8. The molecular formula is C28H23N2O6S4-. The average Bonchev–Trinajstić information content (AvgIpc) is 3.40. The molecule has 4 aromatic carbocycles. The highest BCUT2D eigenvalue weighted by Crippen LogP contribution is 2.47. The molecule has 6 rings (SSSR count). The van der Waals surface area contributed by atoms with Crippen molar-refractivity contribution in [1.29, 1.82) is 0 Å². The Morgan fingerprint density at radius 1 is 0.900 bits per heavy atom. The lowest BCUT2D eigenvalue weighted by molar-refractivity contribution is -0.648.